The molecule has 0 aliphatic carbocycles. The number of hydrogen-bond acceptors (Lipinski definition) is 6. The lowest BCUT2D eigenvalue weighted by Gasteiger charge is -2.18. The quantitative estimate of drug-likeness (QED) is 0.652. The van der Waals surface area contributed by atoms with Crippen LogP contribution in [0.15, 0.2) is 30.6 Å². The topological polar surface area (TPSA) is 80.7 Å². The largest absolute Gasteiger partial charge is 0.433 e. The van der Waals surface area contributed by atoms with Crippen molar-refractivity contribution in [2.24, 2.45) is 0 Å². The molecule has 0 aliphatic rings. The number of pyridine rings is 2. The molecule has 3 aromatic heterocycles. The van der Waals surface area contributed by atoms with Crippen molar-refractivity contribution < 1.29 is 17.7 Å². The molecule has 3 heterocycles. The Morgan fingerprint density at radius 1 is 1.14 bits per heavy atom. The van der Waals surface area contributed by atoms with E-state index in [9.17, 15) is 17.7 Å². The molecule has 0 saturated heterocycles. The molecule has 28 heavy (non-hydrogen) atoms. The van der Waals surface area contributed by atoms with Gasteiger partial charge < -0.3 is 9.88 Å². The molecule has 6 nitrogen and oxygen atoms in total. The van der Waals surface area contributed by atoms with Crippen LogP contribution in [0.2, 0.25) is 0 Å². The van der Waals surface area contributed by atoms with E-state index in [1.807, 2.05) is 0 Å². The van der Waals surface area contributed by atoms with Gasteiger partial charge in [0.25, 0.3) is 0 Å². The highest BCUT2D eigenvalue weighted by Gasteiger charge is 2.32. The van der Waals surface area contributed by atoms with Crippen LogP contribution in [0.5, 0.6) is 0 Å². The third-order valence-electron chi connectivity index (χ3n) is 4.16. The van der Waals surface area contributed by atoms with E-state index >= 15 is 0 Å². The van der Waals surface area contributed by atoms with Gasteiger partial charge in [-0.15, -0.1) is 0 Å². The van der Waals surface area contributed by atoms with Crippen molar-refractivity contribution >= 4 is 29.3 Å². The summed E-state index contributed by atoms with van der Waals surface area (Å²) in [4.78, 5) is 16.3. The number of fused-ring (bicyclic) bond motifs is 1. The first kappa shape index (κ1) is 20.2. The maximum atomic E-state index is 12.9. The zero-order valence-electron chi connectivity index (χ0n) is 15.7. The maximum absolute atomic E-state index is 12.9. The number of anilines is 1. The molecule has 1 atom stereocenters. The second kappa shape index (κ2) is 7.13. The second-order valence-corrected chi connectivity index (χ2v) is 10.0. The van der Waals surface area contributed by atoms with Gasteiger partial charge in [-0.2, -0.15) is 13.2 Å². The fourth-order valence-electron chi connectivity index (χ4n) is 2.70. The van der Waals surface area contributed by atoms with Gasteiger partial charge in [-0.05, 0) is 50.9 Å². The van der Waals surface area contributed by atoms with Crippen molar-refractivity contribution in [3.05, 3.63) is 47.7 Å². The highest BCUT2D eigenvalue weighted by molar-refractivity contribution is 7.69. The van der Waals surface area contributed by atoms with Crippen molar-refractivity contribution in [1.29, 1.82) is 0 Å². The smallest absolute Gasteiger partial charge is 0.363 e. The second-order valence-electron chi connectivity index (χ2n) is 6.87. The van der Waals surface area contributed by atoms with Crippen LogP contribution in [0.1, 0.15) is 30.0 Å². The van der Waals surface area contributed by atoms with E-state index in [-0.39, 0.29) is 0 Å². The van der Waals surface area contributed by atoms with Crippen LogP contribution in [0.25, 0.3) is 10.9 Å². The van der Waals surface area contributed by atoms with E-state index in [4.69, 9.17) is 0 Å². The molecule has 0 saturated carbocycles. The predicted octanol–water partition coefficient (Wildman–Crippen LogP) is 4.17. The SMILES string of the molecule is Cc1nc(NC(C)c2ccnc(C(F)(F)F)c2)c2cc(P(C)(C)=O)ncc2n1. The van der Waals surface area contributed by atoms with E-state index in [2.05, 4.69) is 25.3 Å². The standard InChI is InChI=1S/C18H19F3N5OP/c1-10(12-5-6-22-15(7-12)18(19,20)21)24-17-13-8-16(28(3,4)27)23-9-14(13)25-11(2)26-17/h5-10H,1-4H3,(H,24,25,26). The summed E-state index contributed by atoms with van der Waals surface area (Å²) >= 11 is 0. The van der Waals surface area contributed by atoms with Gasteiger partial charge in [0, 0.05) is 11.6 Å². The van der Waals surface area contributed by atoms with E-state index in [0.29, 0.717) is 33.5 Å². The summed E-state index contributed by atoms with van der Waals surface area (Å²) in [6.45, 7) is 6.66. The highest BCUT2D eigenvalue weighted by Crippen LogP contribution is 2.35. The van der Waals surface area contributed by atoms with Gasteiger partial charge >= 0.3 is 6.18 Å². The molecular weight excluding hydrogens is 390 g/mol. The zero-order chi connectivity index (χ0) is 20.7. The Morgan fingerprint density at radius 2 is 1.86 bits per heavy atom. The van der Waals surface area contributed by atoms with Crippen LogP contribution >= 0.6 is 7.14 Å². The fourth-order valence-corrected chi connectivity index (χ4v) is 3.48. The Balaban J connectivity index is 2.03. The minimum Gasteiger partial charge on any atom is -0.363 e. The van der Waals surface area contributed by atoms with Crippen LogP contribution in [-0.4, -0.2) is 33.3 Å². The van der Waals surface area contributed by atoms with Gasteiger partial charge in [-0.1, -0.05) is 0 Å². The Labute approximate surface area is 160 Å². The zero-order valence-corrected chi connectivity index (χ0v) is 16.6. The molecular formula is C18H19F3N5OP. The third-order valence-corrected chi connectivity index (χ3v) is 5.51. The van der Waals surface area contributed by atoms with Crippen molar-refractivity contribution in [2.75, 3.05) is 18.6 Å². The highest BCUT2D eigenvalue weighted by atomic mass is 31.2. The maximum Gasteiger partial charge on any atom is 0.433 e. The average Bonchev–Trinajstić information content (AvgIpc) is 2.59. The van der Waals surface area contributed by atoms with Gasteiger partial charge in [0.1, 0.15) is 29.9 Å². The van der Waals surface area contributed by atoms with Crippen molar-refractivity contribution in [2.45, 2.75) is 26.1 Å². The van der Waals surface area contributed by atoms with Gasteiger partial charge in [0.15, 0.2) is 0 Å². The summed E-state index contributed by atoms with van der Waals surface area (Å²) < 4.78 is 51.2. The van der Waals surface area contributed by atoms with Crippen molar-refractivity contribution in [1.82, 2.24) is 19.9 Å². The Kier molecular flexibility index (Phi) is 5.14. The molecule has 0 spiro atoms. The lowest BCUT2D eigenvalue weighted by atomic mass is 10.1. The molecule has 1 N–H and O–H groups in total. The average molecular weight is 409 g/mol. The van der Waals surface area contributed by atoms with Crippen LogP contribution in [0.3, 0.4) is 0 Å². The molecule has 3 rings (SSSR count). The Morgan fingerprint density at radius 3 is 2.50 bits per heavy atom. The first-order valence-electron chi connectivity index (χ1n) is 8.45. The molecule has 0 bridgehead atoms. The lowest BCUT2D eigenvalue weighted by molar-refractivity contribution is -0.141. The molecule has 3 aromatic rings. The number of aryl methyl sites for hydroxylation is 1. The summed E-state index contributed by atoms with van der Waals surface area (Å²) in [5, 5.41) is 3.74. The normalized spacial score (nSPS) is 13.5. The third kappa shape index (κ3) is 4.30. The first-order valence-corrected chi connectivity index (χ1v) is 11.0. The first-order chi connectivity index (χ1) is 12.9. The van der Waals surface area contributed by atoms with Crippen LogP contribution in [0.4, 0.5) is 19.0 Å². The minimum atomic E-state index is -4.52. The van der Waals surface area contributed by atoms with Crippen LogP contribution in [0, 0.1) is 6.92 Å². The number of halogens is 3. The predicted molar refractivity (Wildman–Crippen MR) is 102 cm³/mol. The summed E-state index contributed by atoms with van der Waals surface area (Å²) in [5.74, 6) is 0.927. The van der Waals surface area contributed by atoms with Crippen molar-refractivity contribution in [3.8, 4) is 0 Å². The van der Waals surface area contributed by atoms with E-state index in [1.54, 1.807) is 33.2 Å². The van der Waals surface area contributed by atoms with E-state index < -0.39 is 25.1 Å². The molecule has 0 aromatic carbocycles. The molecule has 0 aliphatic heterocycles. The van der Waals surface area contributed by atoms with Gasteiger partial charge in [-0.25, -0.2) is 9.97 Å². The van der Waals surface area contributed by atoms with Crippen LogP contribution < -0.4 is 10.8 Å². The summed E-state index contributed by atoms with van der Waals surface area (Å²) in [6.07, 6.45) is -1.85. The molecule has 0 fully saturated rings. The number of nitrogens with one attached hydrogen (secondary N) is 1. The van der Waals surface area contributed by atoms with Gasteiger partial charge in [0.05, 0.1) is 17.8 Å². The monoisotopic (exact) mass is 409 g/mol. The van der Waals surface area contributed by atoms with E-state index in [1.165, 1.54) is 12.3 Å². The number of nitrogens with zero attached hydrogens (tertiary/aromatic N) is 4. The molecule has 148 valence electrons. The van der Waals surface area contributed by atoms with E-state index in [0.717, 1.165) is 12.3 Å². The summed E-state index contributed by atoms with van der Waals surface area (Å²) in [7, 11) is -2.60. The molecule has 0 amide bonds. The summed E-state index contributed by atoms with van der Waals surface area (Å²) in [6, 6.07) is 3.71. The van der Waals surface area contributed by atoms with Gasteiger partial charge in [0.2, 0.25) is 0 Å². The summed E-state index contributed by atoms with van der Waals surface area (Å²) in [5.41, 5.74) is 0.459. The van der Waals surface area contributed by atoms with Crippen molar-refractivity contribution in [3.63, 3.8) is 0 Å². The Bertz CT molecular complexity index is 1080. The fraction of sp³-hybridized carbons (Fsp3) is 0.333. The number of aromatic nitrogens is 4. The molecule has 0 radical (unpaired) electrons. The van der Waals surface area contributed by atoms with Crippen LogP contribution in [-0.2, 0) is 10.7 Å². The number of alkyl halides is 3. The minimum absolute atomic E-state index is 0.415. The number of rotatable bonds is 4. The number of hydrogen-bond donors (Lipinski definition) is 1. The van der Waals surface area contributed by atoms with Gasteiger partial charge in [-0.3, -0.25) is 9.97 Å². The molecule has 10 heteroatoms. The molecule has 1 unspecified atom stereocenters. The Hall–Kier alpha value is -2.54. The lowest BCUT2D eigenvalue weighted by Crippen LogP contribution is -2.14.